The second kappa shape index (κ2) is 5.52. The molecule has 0 saturated heterocycles. The van der Waals surface area contributed by atoms with E-state index < -0.39 is 12.0 Å². The van der Waals surface area contributed by atoms with Crippen LogP contribution in [0.2, 0.25) is 0 Å². The van der Waals surface area contributed by atoms with Gasteiger partial charge in [0.1, 0.15) is 6.04 Å². The van der Waals surface area contributed by atoms with E-state index in [2.05, 4.69) is 10.4 Å². The highest BCUT2D eigenvalue weighted by Crippen LogP contribution is 2.28. The molecule has 0 amide bonds. The van der Waals surface area contributed by atoms with Gasteiger partial charge in [0.15, 0.2) is 0 Å². The Morgan fingerprint density at radius 2 is 2.17 bits per heavy atom. The lowest BCUT2D eigenvalue weighted by molar-refractivity contribution is -0.139. The molecule has 0 aliphatic heterocycles. The molecule has 18 heavy (non-hydrogen) atoms. The summed E-state index contributed by atoms with van der Waals surface area (Å²) < 4.78 is 1.68. The fourth-order valence-electron chi connectivity index (χ4n) is 1.92. The molecule has 1 heterocycles. The highest BCUT2D eigenvalue weighted by atomic mass is 16.4. The largest absolute Gasteiger partial charge is 0.480 e. The summed E-state index contributed by atoms with van der Waals surface area (Å²) in [5.74, 6) is -0.859. The molecule has 1 aromatic rings. The zero-order chi connectivity index (χ0) is 13.9. The first kappa shape index (κ1) is 14.7. The van der Waals surface area contributed by atoms with E-state index in [1.807, 2.05) is 34.7 Å². The maximum absolute atomic E-state index is 11.4. The third-order valence-corrected chi connectivity index (χ3v) is 2.72. The molecule has 0 aliphatic carbocycles. The van der Waals surface area contributed by atoms with Gasteiger partial charge in [0.2, 0.25) is 0 Å². The van der Waals surface area contributed by atoms with Gasteiger partial charge < -0.3 is 10.4 Å². The van der Waals surface area contributed by atoms with Gasteiger partial charge >= 0.3 is 5.97 Å². The average molecular weight is 253 g/mol. The van der Waals surface area contributed by atoms with E-state index in [1.54, 1.807) is 10.9 Å². The van der Waals surface area contributed by atoms with Crippen LogP contribution >= 0.6 is 0 Å². The Morgan fingerprint density at radius 1 is 1.56 bits per heavy atom. The molecule has 1 aromatic heterocycles. The Balaban J connectivity index is 3.15. The summed E-state index contributed by atoms with van der Waals surface area (Å²) in [6, 6.07) is -0.687. The zero-order valence-corrected chi connectivity index (χ0v) is 11.8. The van der Waals surface area contributed by atoms with Crippen molar-refractivity contribution in [1.29, 1.82) is 0 Å². The van der Waals surface area contributed by atoms with E-state index >= 15 is 0 Å². The monoisotopic (exact) mass is 253 g/mol. The fourth-order valence-corrected chi connectivity index (χ4v) is 1.92. The number of aromatic nitrogens is 2. The van der Waals surface area contributed by atoms with E-state index in [-0.39, 0.29) is 5.41 Å². The number of hydrogen-bond acceptors (Lipinski definition) is 3. The first-order valence-electron chi connectivity index (χ1n) is 6.27. The van der Waals surface area contributed by atoms with Crippen molar-refractivity contribution in [2.24, 2.45) is 7.05 Å². The first-order valence-corrected chi connectivity index (χ1v) is 6.27. The van der Waals surface area contributed by atoms with Crippen molar-refractivity contribution >= 4 is 5.97 Å². The maximum atomic E-state index is 11.4. The van der Waals surface area contributed by atoms with Crippen LogP contribution in [0.1, 0.15) is 51.4 Å². The highest BCUT2D eigenvalue weighted by Gasteiger charge is 2.29. The molecule has 0 saturated carbocycles. The van der Waals surface area contributed by atoms with Crippen molar-refractivity contribution in [3.63, 3.8) is 0 Å². The summed E-state index contributed by atoms with van der Waals surface area (Å²) in [7, 11) is 1.82. The standard InChI is InChI=1S/C13H23N3O2/c1-6-7-14-10(12(17)18)9-8-16(5)15-11(9)13(2,3)4/h8,10,14H,6-7H2,1-5H3,(H,17,18). The van der Waals surface area contributed by atoms with E-state index in [1.165, 1.54) is 0 Å². The molecule has 1 rings (SSSR count). The number of rotatable bonds is 5. The summed E-state index contributed by atoms with van der Waals surface area (Å²) in [6.07, 6.45) is 2.69. The summed E-state index contributed by atoms with van der Waals surface area (Å²) >= 11 is 0. The van der Waals surface area contributed by atoms with Gasteiger partial charge in [-0.15, -0.1) is 0 Å². The van der Waals surface area contributed by atoms with Gasteiger partial charge in [0.05, 0.1) is 5.69 Å². The van der Waals surface area contributed by atoms with Crippen LogP contribution in [0.5, 0.6) is 0 Å². The minimum Gasteiger partial charge on any atom is -0.480 e. The third-order valence-electron chi connectivity index (χ3n) is 2.72. The number of carbonyl (C=O) groups is 1. The topological polar surface area (TPSA) is 67.2 Å². The predicted octanol–water partition coefficient (Wildman–Crippen LogP) is 1.84. The highest BCUT2D eigenvalue weighted by molar-refractivity contribution is 5.76. The smallest absolute Gasteiger partial charge is 0.325 e. The number of nitrogens with one attached hydrogen (secondary N) is 1. The molecule has 2 N–H and O–H groups in total. The molecule has 0 fully saturated rings. The number of aliphatic carboxylic acids is 1. The molecule has 0 radical (unpaired) electrons. The van der Waals surface area contributed by atoms with Gasteiger partial charge in [-0.1, -0.05) is 27.7 Å². The SMILES string of the molecule is CCCNC(C(=O)O)c1cn(C)nc1C(C)(C)C. The van der Waals surface area contributed by atoms with Gasteiger partial charge in [-0.2, -0.15) is 5.10 Å². The fraction of sp³-hybridized carbons (Fsp3) is 0.692. The van der Waals surface area contributed by atoms with E-state index in [0.717, 1.165) is 17.7 Å². The number of carboxylic acids is 1. The van der Waals surface area contributed by atoms with Crippen LogP contribution in [0.4, 0.5) is 0 Å². The Hall–Kier alpha value is -1.36. The molecule has 0 aromatic carbocycles. The lowest BCUT2D eigenvalue weighted by Crippen LogP contribution is -2.31. The van der Waals surface area contributed by atoms with Crippen molar-refractivity contribution in [3.8, 4) is 0 Å². The molecule has 1 unspecified atom stereocenters. The summed E-state index contributed by atoms with van der Waals surface area (Å²) in [5.41, 5.74) is 1.42. The van der Waals surface area contributed by atoms with Crippen LogP contribution in [0.25, 0.3) is 0 Å². The van der Waals surface area contributed by atoms with E-state index in [4.69, 9.17) is 0 Å². The number of hydrogen-bond donors (Lipinski definition) is 2. The normalized spacial score (nSPS) is 13.6. The zero-order valence-electron chi connectivity index (χ0n) is 11.8. The second-order valence-corrected chi connectivity index (χ2v) is 5.58. The number of aryl methyl sites for hydroxylation is 1. The van der Waals surface area contributed by atoms with E-state index in [9.17, 15) is 9.90 Å². The average Bonchev–Trinajstić information content (AvgIpc) is 2.60. The summed E-state index contributed by atoms with van der Waals surface area (Å²) in [6.45, 7) is 8.81. The number of carboxylic acid groups (broad SMARTS) is 1. The van der Waals surface area contributed by atoms with Gasteiger partial charge in [-0.3, -0.25) is 9.48 Å². The van der Waals surface area contributed by atoms with Crippen LogP contribution in [0, 0.1) is 0 Å². The Kier molecular flexibility index (Phi) is 4.51. The number of nitrogens with zero attached hydrogens (tertiary/aromatic N) is 2. The van der Waals surface area contributed by atoms with Crippen molar-refractivity contribution in [1.82, 2.24) is 15.1 Å². The van der Waals surface area contributed by atoms with Crippen LogP contribution in [-0.2, 0) is 17.3 Å². The molecular weight excluding hydrogens is 230 g/mol. The van der Waals surface area contributed by atoms with Crippen molar-refractivity contribution in [3.05, 3.63) is 17.5 Å². The molecule has 0 spiro atoms. The maximum Gasteiger partial charge on any atom is 0.325 e. The molecule has 5 heteroatoms. The van der Waals surface area contributed by atoms with Gasteiger partial charge in [-0.25, -0.2) is 0 Å². The van der Waals surface area contributed by atoms with E-state index in [0.29, 0.717) is 6.54 Å². The van der Waals surface area contributed by atoms with Crippen molar-refractivity contribution < 1.29 is 9.90 Å². The first-order chi connectivity index (χ1) is 8.27. The molecule has 1 atom stereocenters. The van der Waals surface area contributed by atoms with Crippen LogP contribution in [0.15, 0.2) is 6.20 Å². The Morgan fingerprint density at radius 3 is 2.61 bits per heavy atom. The molecule has 5 nitrogen and oxygen atoms in total. The minimum absolute atomic E-state index is 0.168. The molecular formula is C13H23N3O2. The Labute approximate surface area is 108 Å². The lowest BCUT2D eigenvalue weighted by Gasteiger charge is -2.21. The predicted molar refractivity (Wildman–Crippen MR) is 70.6 cm³/mol. The van der Waals surface area contributed by atoms with Gasteiger partial charge in [0, 0.05) is 24.2 Å². The summed E-state index contributed by atoms with van der Waals surface area (Å²) in [5, 5.41) is 16.8. The lowest BCUT2D eigenvalue weighted by atomic mass is 9.87. The molecule has 0 bridgehead atoms. The minimum atomic E-state index is -0.859. The Bertz CT molecular complexity index is 418. The van der Waals surface area contributed by atoms with Crippen LogP contribution < -0.4 is 5.32 Å². The molecule has 102 valence electrons. The second-order valence-electron chi connectivity index (χ2n) is 5.58. The summed E-state index contributed by atoms with van der Waals surface area (Å²) in [4.78, 5) is 11.4. The van der Waals surface area contributed by atoms with Crippen LogP contribution in [0.3, 0.4) is 0 Å². The van der Waals surface area contributed by atoms with Gasteiger partial charge in [-0.05, 0) is 13.0 Å². The third kappa shape index (κ3) is 3.32. The molecule has 0 aliphatic rings. The van der Waals surface area contributed by atoms with Crippen molar-refractivity contribution in [2.45, 2.75) is 45.6 Å². The van der Waals surface area contributed by atoms with Gasteiger partial charge in [0.25, 0.3) is 0 Å². The quantitative estimate of drug-likeness (QED) is 0.840. The van der Waals surface area contributed by atoms with Crippen molar-refractivity contribution in [2.75, 3.05) is 6.54 Å². The van der Waals surface area contributed by atoms with Crippen LogP contribution in [-0.4, -0.2) is 27.4 Å².